The van der Waals surface area contributed by atoms with Crippen molar-refractivity contribution in [3.63, 3.8) is 0 Å². The summed E-state index contributed by atoms with van der Waals surface area (Å²) < 4.78 is 13.4. The van der Waals surface area contributed by atoms with Crippen molar-refractivity contribution in [2.45, 2.75) is 26.3 Å². The second-order valence-corrected chi connectivity index (χ2v) is 3.62. The maximum Gasteiger partial charge on any atom is 0.131 e. The van der Waals surface area contributed by atoms with E-state index in [-0.39, 0.29) is 30.1 Å². The Morgan fingerprint density at radius 2 is 2.07 bits per heavy atom. The Hall–Kier alpha value is -0.800. The number of phenols is 1. The van der Waals surface area contributed by atoms with Gasteiger partial charge in [0.25, 0.3) is 0 Å². The zero-order valence-electron chi connectivity index (χ0n) is 8.90. The van der Waals surface area contributed by atoms with Crippen molar-refractivity contribution in [3.8, 4) is 5.75 Å². The van der Waals surface area contributed by atoms with Crippen molar-refractivity contribution in [3.05, 3.63) is 29.6 Å². The van der Waals surface area contributed by atoms with Gasteiger partial charge in [0, 0.05) is 17.7 Å². The van der Waals surface area contributed by atoms with E-state index in [1.165, 1.54) is 6.07 Å². The number of benzene rings is 1. The summed E-state index contributed by atoms with van der Waals surface area (Å²) in [5.74, 6) is -0.269. The first-order valence-electron chi connectivity index (χ1n) is 4.80. The number of aromatic hydroxyl groups is 1. The minimum Gasteiger partial charge on any atom is -0.508 e. The van der Waals surface area contributed by atoms with Crippen molar-refractivity contribution in [2.24, 2.45) is 11.7 Å². The average Bonchev–Trinajstić information content (AvgIpc) is 2.15. The summed E-state index contributed by atoms with van der Waals surface area (Å²) in [5, 5.41) is 9.03. The van der Waals surface area contributed by atoms with Gasteiger partial charge < -0.3 is 10.8 Å². The van der Waals surface area contributed by atoms with Crippen molar-refractivity contribution in [1.29, 1.82) is 0 Å². The molecule has 0 aliphatic rings. The van der Waals surface area contributed by atoms with Crippen LogP contribution in [0.15, 0.2) is 18.2 Å². The Morgan fingerprint density at radius 1 is 1.47 bits per heavy atom. The molecule has 0 saturated heterocycles. The SMILES string of the molecule is CCC(C)[C@@H](N)c1ccc(O)cc1F.Cl. The van der Waals surface area contributed by atoms with Crippen LogP contribution in [0.3, 0.4) is 0 Å². The molecule has 1 aromatic rings. The number of halogens is 2. The van der Waals surface area contributed by atoms with Crippen LogP contribution in [0.1, 0.15) is 31.9 Å². The lowest BCUT2D eigenvalue weighted by molar-refractivity contribution is 0.432. The molecule has 1 unspecified atom stereocenters. The average molecular weight is 234 g/mol. The molecule has 86 valence electrons. The fourth-order valence-electron chi connectivity index (χ4n) is 1.35. The highest BCUT2D eigenvalue weighted by Crippen LogP contribution is 2.26. The third-order valence-corrected chi connectivity index (χ3v) is 2.60. The molecule has 0 heterocycles. The molecule has 0 fully saturated rings. The number of nitrogens with two attached hydrogens (primary N) is 1. The molecule has 0 saturated carbocycles. The second-order valence-electron chi connectivity index (χ2n) is 3.62. The third kappa shape index (κ3) is 3.36. The van der Waals surface area contributed by atoms with E-state index in [9.17, 15) is 4.39 Å². The van der Waals surface area contributed by atoms with Gasteiger partial charge in [0.1, 0.15) is 11.6 Å². The number of rotatable bonds is 3. The molecule has 0 aromatic heterocycles. The zero-order valence-corrected chi connectivity index (χ0v) is 9.72. The third-order valence-electron chi connectivity index (χ3n) is 2.60. The molecule has 15 heavy (non-hydrogen) atoms. The smallest absolute Gasteiger partial charge is 0.131 e. The van der Waals surface area contributed by atoms with Gasteiger partial charge in [0.05, 0.1) is 0 Å². The quantitative estimate of drug-likeness (QED) is 0.843. The van der Waals surface area contributed by atoms with E-state index in [1.807, 2.05) is 13.8 Å². The van der Waals surface area contributed by atoms with E-state index >= 15 is 0 Å². The standard InChI is InChI=1S/C11H16FNO.ClH/c1-3-7(2)11(13)9-5-4-8(14)6-10(9)12;/h4-7,11,14H,3,13H2,1-2H3;1H/t7?,11-;/m1./s1. The Morgan fingerprint density at radius 3 is 2.53 bits per heavy atom. The highest BCUT2D eigenvalue weighted by molar-refractivity contribution is 5.85. The van der Waals surface area contributed by atoms with E-state index in [1.54, 1.807) is 6.07 Å². The number of phenolic OH excluding ortho intramolecular Hbond substituents is 1. The fourth-order valence-corrected chi connectivity index (χ4v) is 1.35. The summed E-state index contributed by atoms with van der Waals surface area (Å²) in [6.45, 7) is 4.00. The van der Waals surface area contributed by atoms with E-state index < -0.39 is 5.82 Å². The molecule has 3 N–H and O–H groups in total. The molecule has 0 aliphatic heterocycles. The summed E-state index contributed by atoms with van der Waals surface area (Å²) in [6, 6.07) is 3.79. The van der Waals surface area contributed by atoms with E-state index in [0.29, 0.717) is 5.56 Å². The maximum atomic E-state index is 13.4. The van der Waals surface area contributed by atoms with Crippen LogP contribution in [0.4, 0.5) is 4.39 Å². The maximum absolute atomic E-state index is 13.4. The topological polar surface area (TPSA) is 46.2 Å². The molecular formula is C11H17ClFNO. The van der Waals surface area contributed by atoms with Crippen molar-refractivity contribution in [2.75, 3.05) is 0 Å². The van der Waals surface area contributed by atoms with Gasteiger partial charge in [-0.2, -0.15) is 0 Å². The molecule has 2 nitrogen and oxygen atoms in total. The summed E-state index contributed by atoms with van der Waals surface area (Å²) in [4.78, 5) is 0. The molecule has 0 spiro atoms. The van der Waals surface area contributed by atoms with Crippen LogP contribution in [0, 0.1) is 11.7 Å². The molecule has 4 heteroatoms. The minimum absolute atomic E-state index is 0. The minimum atomic E-state index is -0.433. The molecule has 2 atom stereocenters. The van der Waals surface area contributed by atoms with Gasteiger partial charge in [-0.3, -0.25) is 0 Å². The molecular weight excluding hydrogens is 217 g/mol. The first-order chi connectivity index (χ1) is 6.56. The Kier molecular flexibility index (Phi) is 5.61. The van der Waals surface area contributed by atoms with Crippen LogP contribution in [-0.4, -0.2) is 5.11 Å². The summed E-state index contributed by atoms with van der Waals surface area (Å²) in [7, 11) is 0. The van der Waals surface area contributed by atoms with Crippen LogP contribution in [0.2, 0.25) is 0 Å². The number of hydrogen-bond donors (Lipinski definition) is 2. The lowest BCUT2D eigenvalue weighted by Gasteiger charge is -2.19. The highest BCUT2D eigenvalue weighted by atomic mass is 35.5. The monoisotopic (exact) mass is 233 g/mol. The Bertz CT molecular complexity index is 319. The Balaban J connectivity index is 0.00000196. The number of hydrogen-bond acceptors (Lipinski definition) is 2. The normalized spacial score (nSPS) is 14.1. The summed E-state index contributed by atoms with van der Waals surface area (Å²) >= 11 is 0. The van der Waals surface area contributed by atoms with Gasteiger partial charge in [-0.05, 0) is 12.0 Å². The zero-order chi connectivity index (χ0) is 10.7. The molecule has 1 aromatic carbocycles. The van der Waals surface area contributed by atoms with Crippen LogP contribution in [0.25, 0.3) is 0 Å². The predicted molar refractivity (Wildman–Crippen MR) is 61.7 cm³/mol. The molecule has 0 amide bonds. The van der Waals surface area contributed by atoms with Gasteiger partial charge in [0.15, 0.2) is 0 Å². The summed E-state index contributed by atoms with van der Waals surface area (Å²) in [6.07, 6.45) is 0.904. The first kappa shape index (κ1) is 14.2. The Labute approximate surface area is 95.7 Å². The largest absolute Gasteiger partial charge is 0.508 e. The van der Waals surface area contributed by atoms with Gasteiger partial charge in [-0.15, -0.1) is 12.4 Å². The molecule has 0 bridgehead atoms. The highest BCUT2D eigenvalue weighted by Gasteiger charge is 2.16. The van der Waals surface area contributed by atoms with E-state index in [2.05, 4.69) is 0 Å². The van der Waals surface area contributed by atoms with E-state index in [0.717, 1.165) is 12.5 Å². The van der Waals surface area contributed by atoms with E-state index in [4.69, 9.17) is 10.8 Å². The van der Waals surface area contributed by atoms with Gasteiger partial charge in [-0.25, -0.2) is 4.39 Å². The van der Waals surface area contributed by atoms with Crippen LogP contribution in [0.5, 0.6) is 5.75 Å². The molecule has 0 aliphatic carbocycles. The van der Waals surface area contributed by atoms with Crippen molar-refractivity contribution < 1.29 is 9.50 Å². The lowest BCUT2D eigenvalue weighted by atomic mass is 9.93. The lowest BCUT2D eigenvalue weighted by Crippen LogP contribution is -2.19. The van der Waals surface area contributed by atoms with Crippen LogP contribution in [-0.2, 0) is 0 Å². The fraction of sp³-hybridized carbons (Fsp3) is 0.455. The van der Waals surface area contributed by atoms with Crippen molar-refractivity contribution >= 4 is 12.4 Å². The van der Waals surface area contributed by atoms with Crippen molar-refractivity contribution in [1.82, 2.24) is 0 Å². The van der Waals surface area contributed by atoms with Gasteiger partial charge in [-0.1, -0.05) is 26.3 Å². The molecule has 0 radical (unpaired) electrons. The summed E-state index contributed by atoms with van der Waals surface area (Å²) in [5.41, 5.74) is 6.35. The molecule has 1 rings (SSSR count). The predicted octanol–water partition coefficient (Wildman–Crippen LogP) is 3.00. The van der Waals surface area contributed by atoms with Crippen LogP contribution >= 0.6 is 12.4 Å². The van der Waals surface area contributed by atoms with Crippen LogP contribution < -0.4 is 5.73 Å². The second kappa shape index (κ2) is 5.93. The van der Waals surface area contributed by atoms with Gasteiger partial charge >= 0.3 is 0 Å². The first-order valence-corrected chi connectivity index (χ1v) is 4.80. The van der Waals surface area contributed by atoms with Gasteiger partial charge in [0.2, 0.25) is 0 Å².